The normalized spacial score (nSPS) is 19.4. The molecule has 1 saturated heterocycles. The summed E-state index contributed by atoms with van der Waals surface area (Å²) in [6.45, 7) is 0.416. The Balaban J connectivity index is 2.05. The molecule has 0 unspecified atom stereocenters. The Morgan fingerprint density at radius 2 is 2.13 bits per heavy atom. The molecule has 1 aromatic rings. The van der Waals surface area contributed by atoms with Gasteiger partial charge >= 0.3 is 5.97 Å². The number of carbonyl (C=O) groups is 1. The Bertz CT molecular complexity index is 405. The molecular weight excluding hydrogens is 194 g/mol. The first-order valence-corrected chi connectivity index (χ1v) is 4.63. The highest BCUT2D eigenvalue weighted by atomic mass is 16.6. The second-order valence-corrected chi connectivity index (χ2v) is 3.20. The molecule has 1 aliphatic rings. The number of ether oxygens (including phenoxy) is 2. The average molecular weight is 203 g/mol. The SMILES string of the molecule is N#Cc1ccc(O[C@H]2CCOC2=O)cc1. The van der Waals surface area contributed by atoms with Crippen molar-refractivity contribution in [3.05, 3.63) is 29.8 Å². The summed E-state index contributed by atoms with van der Waals surface area (Å²) < 4.78 is 10.2. The molecule has 0 aromatic heterocycles. The quantitative estimate of drug-likeness (QED) is 0.679. The van der Waals surface area contributed by atoms with Crippen molar-refractivity contribution in [1.82, 2.24) is 0 Å². The van der Waals surface area contributed by atoms with E-state index in [-0.39, 0.29) is 5.97 Å². The number of hydrogen-bond donors (Lipinski definition) is 0. The first-order valence-electron chi connectivity index (χ1n) is 4.63. The van der Waals surface area contributed by atoms with Gasteiger partial charge in [0.2, 0.25) is 0 Å². The summed E-state index contributed by atoms with van der Waals surface area (Å²) in [4.78, 5) is 11.1. The van der Waals surface area contributed by atoms with Crippen LogP contribution in [0.25, 0.3) is 0 Å². The topological polar surface area (TPSA) is 59.3 Å². The zero-order valence-corrected chi connectivity index (χ0v) is 7.97. The number of cyclic esters (lactones) is 1. The molecule has 0 saturated carbocycles. The summed E-state index contributed by atoms with van der Waals surface area (Å²) in [7, 11) is 0. The molecule has 4 nitrogen and oxygen atoms in total. The van der Waals surface area contributed by atoms with E-state index in [4.69, 9.17) is 14.7 Å². The van der Waals surface area contributed by atoms with Crippen molar-refractivity contribution in [2.75, 3.05) is 6.61 Å². The van der Waals surface area contributed by atoms with E-state index in [1.807, 2.05) is 6.07 Å². The minimum absolute atomic E-state index is 0.320. The fraction of sp³-hybridized carbons (Fsp3) is 0.273. The lowest BCUT2D eigenvalue weighted by Crippen LogP contribution is -2.21. The van der Waals surface area contributed by atoms with Gasteiger partial charge in [0.25, 0.3) is 0 Å². The van der Waals surface area contributed by atoms with E-state index in [1.165, 1.54) is 0 Å². The van der Waals surface area contributed by atoms with E-state index in [0.29, 0.717) is 24.3 Å². The van der Waals surface area contributed by atoms with Crippen LogP contribution >= 0.6 is 0 Å². The van der Waals surface area contributed by atoms with Crippen molar-refractivity contribution in [1.29, 1.82) is 5.26 Å². The van der Waals surface area contributed by atoms with E-state index in [1.54, 1.807) is 24.3 Å². The van der Waals surface area contributed by atoms with Gasteiger partial charge in [-0.05, 0) is 24.3 Å². The second kappa shape index (κ2) is 4.01. The maximum Gasteiger partial charge on any atom is 0.347 e. The first-order chi connectivity index (χ1) is 7.29. The lowest BCUT2D eigenvalue weighted by molar-refractivity contribution is -0.143. The summed E-state index contributed by atoms with van der Waals surface area (Å²) in [6.07, 6.45) is 0.0803. The van der Waals surface area contributed by atoms with Crippen LogP contribution in [-0.2, 0) is 9.53 Å². The summed E-state index contributed by atoms with van der Waals surface area (Å²) in [5.74, 6) is 0.261. The minimum Gasteiger partial charge on any atom is -0.479 e. The van der Waals surface area contributed by atoms with Gasteiger partial charge in [0, 0.05) is 6.42 Å². The molecule has 1 aliphatic heterocycles. The molecule has 1 fully saturated rings. The van der Waals surface area contributed by atoms with Crippen LogP contribution in [-0.4, -0.2) is 18.7 Å². The van der Waals surface area contributed by atoms with Gasteiger partial charge < -0.3 is 9.47 Å². The van der Waals surface area contributed by atoms with Gasteiger partial charge in [-0.3, -0.25) is 0 Å². The molecule has 2 rings (SSSR count). The summed E-state index contributed by atoms with van der Waals surface area (Å²) in [5, 5.41) is 8.59. The highest BCUT2D eigenvalue weighted by Gasteiger charge is 2.28. The molecule has 0 aliphatic carbocycles. The van der Waals surface area contributed by atoms with Gasteiger partial charge in [-0.25, -0.2) is 4.79 Å². The van der Waals surface area contributed by atoms with Crippen LogP contribution in [0.1, 0.15) is 12.0 Å². The van der Waals surface area contributed by atoms with Crippen LogP contribution < -0.4 is 4.74 Å². The highest BCUT2D eigenvalue weighted by molar-refractivity contribution is 5.76. The van der Waals surface area contributed by atoms with Crippen molar-refractivity contribution >= 4 is 5.97 Å². The molecule has 0 amide bonds. The minimum atomic E-state index is -0.502. The second-order valence-electron chi connectivity index (χ2n) is 3.20. The number of nitrogens with zero attached hydrogens (tertiary/aromatic N) is 1. The Morgan fingerprint density at radius 3 is 2.67 bits per heavy atom. The molecule has 4 heteroatoms. The number of rotatable bonds is 2. The number of benzene rings is 1. The highest BCUT2D eigenvalue weighted by Crippen LogP contribution is 2.17. The Labute approximate surface area is 87.0 Å². The van der Waals surface area contributed by atoms with Crippen LogP contribution in [0, 0.1) is 11.3 Å². The van der Waals surface area contributed by atoms with E-state index in [9.17, 15) is 4.79 Å². The molecule has 15 heavy (non-hydrogen) atoms. The Morgan fingerprint density at radius 1 is 1.40 bits per heavy atom. The number of esters is 1. The Hall–Kier alpha value is -2.02. The molecule has 1 heterocycles. The largest absolute Gasteiger partial charge is 0.479 e. The van der Waals surface area contributed by atoms with Crippen molar-refractivity contribution < 1.29 is 14.3 Å². The van der Waals surface area contributed by atoms with Gasteiger partial charge in [-0.2, -0.15) is 5.26 Å². The van der Waals surface area contributed by atoms with E-state index < -0.39 is 6.10 Å². The van der Waals surface area contributed by atoms with Gasteiger partial charge in [0.15, 0.2) is 6.10 Å². The zero-order valence-electron chi connectivity index (χ0n) is 7.97. The van der Waals surface area contributed by atoms with Gasteiger partial charge in [0.05, 0.1) is 18.2 Å². The molecule has 0 radical (unpaired) electrons. The molecular formula is C11H9NO3. The standard InChI is InChI=1S/C11H9NO3/c12-7-8-1-3-9(4-2-8)15-10-5-6-14-11(10)13/h1-4,10H,5-6H2/t10-/m0/s1. The summed E-state index contributed by atoms with van der Waals surface area (Å²) in [5.41, 5.74) is 0.566. The Kier molecular flexibility index (Phi) is 2.55. The summed E-state index contributed by atoms with van der Waals surface area (Å²) >= 11 is 0. The third kappa shape index (κ3) is 2.08. The molecule has 76 valence electrons. The van der Waals surface area contributed by atoms with Crippen LogP contribution in [0.5, 0.6) is 5.75 Å². The van der Waals surface area contributed by atoms with Gasteiger partial charge in [-0.1, -0.05) is 0 Å². The first kappa shape index (κ1) is 9.53. The van der Waals surface area contributed by atoms with Crippen molar-refractivity contribution in [2.45, 2.75) is 12.5 Å². The fourth-order valence-corrected chi connectivity index (χ4v) is 1.36. The molecule has 0 N–H and O–H groups in total. The average Bonchev–Trinajstić information content (AvgIpc) is 2.66. The van der Waals surface area contributed by atoms with Crippen LogP contribution in [0.15, 0.2) is 24.3 Å². The monoisotopic (exact) mass is 203 g/mol. The van der Waals surface area contributed by atoms with Crippen LogP contribution in [0.4, 0.5) is 0 Å². The maximum absolute atomic E-state index is 11.1. The molecule has 1 atom stereocenters. The van der Waals surface area contributed by atoms with Gasteiger partial charge in [-0.15, -0.1) is 0 Å². The maximum atomic E-state index is 11.1. The third-order valence-corrected chi connectivity index (χ3v) is 2.15. The third-order valence-electron chi connectivity index (χ3n) is 2.15. The predicted molar refractivity (Wildman–Crippen MR) is 51.1 cm³/mol. The van der Waals surface area contributed by atoms with Crippen LogP contribution in [0.2, 0.25) is 0 Å². The fourth-order valence-electron chi connectivity index (χ4n) is 1.36. The van der Waals surface area contributed by atoms with E-state index in [2.05, 4.69) is 0 Å². The summed E-state index contributed by atoms with van der Waals surface area (Å²) in [6, 6.07) is 8.65. The number of nitriles is 1. The predicted octanol–water partition coefficient (Wildman–Crippen LogP) is 1.25. The number of hydrogen-bond acceptors (Lipinski definition) is 4. The molecule has 1 aromatic carbocycles. The lowest BCUT2D eigenvalue weighted by Gasteiger charge is -2.09. The lowest BCUT2D eigenvalue weighted by atomic mass is 10.2. The number of carbonyl (C=O) groups excluding carboxylic acids is 1. The zero-order chi connectivity index (χ0) is 10.7. The van der Waals surface area contributed by atoms with Crippen molar-refractivity contribution in [2.24, 2.45) is 0 Å². The van der Waals surface area contributed by atoms with E-state index >= 15 is 0 Å². The molecule has 0 spiro atoms. The van der Waals surface area contributed by atoms with Crippen molar-refractivity contribution in [3.8, 4) is 11.8 Å². The van der Waals surface area contributed by atoms with Crippen LogP contribution in [0.3, 0.4) is 0 Å². The van der Waals surface area contributed by atoms with Gasteiger partial charge in [0.1, 0.15) is 5.75 Å². The molecule has 0 bridgehead atoms. The van der Waals surface area contributed by atoms with E-state index in [0.717, 1.165) is 0 Å². The van der Waals surface area contributed by atoms with Crippen molar-refractivity contribution in [3.63, 3.8) is 0 Å². The smallest absolute Gasteiger partial charge is 0.347 e.